The number of nitrogens with one attached hydrogen (secondary N) is 1. The minimum Gasteiger partial charge on any atom is -0.378 e. The van der Waals surface area contributed by atoms with Crippen LogP contribution in [0.15, 0.2) is 78.9 Å². The van der Waals surface area contributed by atoms with Gasteiger partial charge in [0.25, 0.3) is 5.91 Å². The average Bonchev–Trinajstić information content (AvgIpc) is 3.08. The number of amides is 3. The summed E-state index contributed by atoms with van der Waals surface area (Å²) in [6.45, 7) is 1.62. The summed E-state index contributed by atoms with van der Waals surface area (Å²) in [6, 6.07) is 18.2. The Bertz CT molecular complexity index is 1280. The number of nitrogens with zero attached hydrogens (tertiary/aromatic N) is 1. The van der Waals surface area contributed by atoms with Crippen LogP contribution in [0.3, 0.4) is 0 Å². The van der Waals surface area contributed by atoms with Crippen molar-refractivity contribution < 1.29 is 28.3 Å². The summed E-state index contributed by atoms with van der Waals surface area (Å²) < 4.78 is 27.7. The number of carbonyl (C=O) groups is 3. The van der Waals surface area contributed by atoms with Gasteiger partial charge < -0.3 is 16.2 Å². The molecule has 0 radical (unpaired) electrons. The largest absolute Gasteiger partial charge is 0.378 e. The van der Waals surface area contributed by atoms with Crippen LogP contribution in [0.5, 0.6) is 0 Å². The van der Waals surface area contributed by atoms with Crippen LogP contribution in [0.4, 0.5) is 8.78 Å². The lowest BCUT2D eigenvalue weighted by molar-refractivity contribution is -0.158. The summed E-state index contributed by atoms with van der Waals surface area (Å²) in [7, 11) is 0. The van der Waals surface area contributed by atoms with Gasteiger partial charge >= 0.3 is 0 Å². The van der Waals surface area contributed by atoms with Crippen molar-refractivity contribution in [2.24, 2.45) is 5.73 Å². The second kappa shape index (κ2) is 11.6. The van der Waals surface area contributed by atoms with Gasteiger partial charge in [-0.05, 0) is 42.2 Å². The van der Waals surface area contributed by atoms with Crippen molar-refractivity contribution in [3.05, 3.63) is 107 Å². The maximum absolute atomic E-state index is 13.9. The standard InChI is InChI=1S/C29H29F2N3O4/c1-17(32)28(37)34(29(38)26(35)20-12-22(30)15-23(31)13-20)25-24(19-10-6-3-7-11-19)14-21(16-33-27(25)36)18-8-4-2-5-9-18/h2-13,15,17,21,24-26,35H,14,16,32H2,1H3,(H,33,36)/t17-,21+,24-,25-,26+/m0/s1. The van der Waals surface area contributed by atoms with Gasteiger partial charge in [-0.15, -0.1) is 0 Å². The molecule has 0 bridgehead atoms. The number of hydrogen-bond acceptors (Lipinski definition) is 5. The molecular weight excluding hydrogens is 492 g/mol. The van der Waals surface area contributed by atoms with E-state index in [1.54, 1.807) is 24.3 Å². The van der Waals surface area contributed by atoms with Gasteiger partial charge in [-0.25, -0.2) is 8.78 Å². The van der Waals surface area contributed by atoms with E-state index >= 15 is 0 Å². The normalized spacial score (nSPS) is 21.1. The van der Waals surface area contributed by atoms with E-state index < -0.39 is 53.5 Å². The Morgan fingerprint density at radius 3 is 2.05 bits per heavy atom. The molecule has 0 aromatic heterocycles. The third-order valence-electron chi connectivity index (χ3n) is 6.79. The molecule has 1 aliphatic heterocycles. The number of hydrogen-bond donors (Lipinski definition) is 3. The molecule has 9 heteroatoms. The number of benzene rings is 3. The number of imide groups is 1. The maximum atomic E-state index is 13.9. The fraction of sp³-hybridized carbons (Fsp3) is 0.276. The molecule has 1 aliphatic rings. The summed E-state index contributed by atoms with van der Waals surface area (Å²) >= 11 is 0. The predicted octanol–water partition coefficient (Wildman–Crippen LogP) is 3.16. The average molecular weight is 522 g/mol. The van der Waals surface area contributed by atoms with Gasteiger partial charge in [-0.2, -0.15) is 0 Å². The third kappa shape index (κ3) is 5.79. The van der Waals surface area contributed by atoms with E-state index in [4.69, 9.17) is 5.73 Å². The summed E-state index contributed by atoms with van der Waals surface area (Å²) in [5.74, 6) is -5.50. The topological polar surface area (TPSA) is 113 Å². The molecule has 38 heavy (non-hydrogen) atoms. The minimum absolute atomic E-state index is 0.139. The van der Waals surface area contributed by atoms with Crippen molar-refractivity contribution in [1.29, 1.82) is 0 Å². The van der Waals surface area contributed by atoms with Crippen LogP contribution in [0.2, 0.25) is 0 Å². The summed E-state index contributed by atoms with van der Waals surface area (Å²) in [6.07, 6.45) is -1.72. The molecule has 1 saturated heterocycles. The minimum atomic E-state index is -2.11. The Labute approximate surface area is 219 Å². The van der Waals surface area contributed by atoms with E-state index in [0.29, 0.717) is 23.0 Å². The van der Waals surface area contributed by atoms with Crippen LogP contribution in [-0.2, 0) is 14.4 Å². The predicted molar refractivity (Wildman–Crippen MR) is 137 cm³/mol. The lowest BCUT2D eigenvalue weighted by Crippen LogP contribution is -2.58. The SMILES string of the molecule is C[C@H](N)C(=O)N(C(=O)[C@H](O)c1cc(F)cc(F)c1)[C@@H]1C(=O)NC[C@H](c2ccccc2)C[C@H]1c1ccccc1. The molecular formula is C29H29F2N3O4. The number of halogens is 2. The molecule has 4 N–H and O–H groups in total. The van der Waals surface area contributed by atoms with Crippen molar-refractivity contribution in [3.63, 3.8) is 0 Å². The smallest absolute Gasteiger partial charge is 0.263 e. The second-order valence-electron chi connectivity index (χ2n) is 9.49. The molecule has 0 saturated carbocycles. The highest BCUT2D eigenvalue weighted by Gasteiger charge is 2.46. The molecule has 7 nitrogen and oxygen atoms in total. The van der Waals surface area contributed by atoms with E-state index in [1.807, 2.05) is 36.4 Å². The van der Waals surface area contributed by atoms with Gasteiger partial charge in [-0.3, -0.25) is 19.3 Å². The molecule has 1 heterocycles. The van der Waals surface area contributed by atoms with Crippen LogP contribution in [0.1, 0.15) is 48.0 Å². The Balaban J connectivity index is 1.81. The summed E-state index contributed by atoms with van der Waals surface area (Å²) in [5.41, 5.74) is 7.17. The fourth-order valence-corrected chi connectivity index (χ4v) is 4.93. The molecule has 3 aromatic carbocycles. The van der Waals surface area contributed by atoms with Gasteiger partial charge in [0, 0.05) is 24.4 Å². The molecule has 3 amide bonds. The maximum Gasteiger partial charge on any atom is 0.263 e. The van der Waals surface area contributed by atoms with E-state index in [2.05, 4.69) is 5.32 Å². The van der Waals surface area contributed by atoms with E-state index in [0.717, 1.165) is 17.7 Å². The van der Waals surface area contributed by atoms with Crippen molar-refractivity contribution in [2.45, 2.75) is 43.4 Å². The molecule has 0 unspecified atom stereocenters. The van der Waals surface area contributed by atoms with Crippen molar-refractivity contribution in [3.8, 4) is 0 Å². The van der Waals surface area contributed by atoms with Gasteiger partial charge in [0.1, 0.15) is 17.7 Å². The molecule has 198 valence electrons. The van der Waals surface area contributed by atoms with Crippen molar-refractivity contribution in [1.82, 2.24) is 10.2 Å². The number of carbonyl (C=O) groups excluding carboxylic acids is 3. The zero-order chi connectivity index (χ0) is 27.4. The van der Waals surface area contributed by atoms with E-state index in [9.17, 15) is 28.3 Å². The summed E-state index contributed by atoms with van der Waals surface area (Å²) in [4.78, 5) is 41.3. The summed E-state index contributed by atoms with van der Waals surface area (Å²) in [5, 5.41) is 13.7. The first kappa shape index (κ1) is 27.1. The highest BCUT2D eigenvalue weighted by Crippen LogP contribution is 2.37. The van der Waals surface area contributed by atoms with E-state index in [1.165, 1.54) is 6.92 Å². The van der Waals surface area contributed by atoms with Gasteiger partial charge in [0.05, 0.1) is 6.04 Å². The lowest BCUT2D eigenvalue weighted by atomic mass is 9.81. The third-order valence-corrected chi connectivity index (χ3v) is 6.79. The number of rotatable bonds is 6. The molecule has 0 aliphatic carbocycles. The van der Waals surface area contributed by atoms with Crippen molar-refractivity contribution in [2.75, 3.05) is 6.54 Å². The first-order valence-electron chi connectivity index (χ1n) is 12.3. The molecule has 1 fully saturated rings. The zero-order valence-electron chi connectivity index (χ0n) is 20.8. The quantitative estimate of drug-likeness (QED) is 0.461. The number of aliphatic hydroxyl groups is 1. The highest BCUT2D eigenvalue weighted by molar-refractivity contribution is 6.04. The van der Waals surface area contributed by atoms with Crippen LogP contribution in [0.25, 0.3) is 0 Å². The Morgan fingerprint density at radius 1 is 0.947 bits per heavy atom. The molecule has 5 atom stereocenters. The molecule has 0 spiro atoms. The van der Waals surface area contributed by atoms with Crippen LogP contribution in [-0.4, -0.2) is 46.4 Å². The van der Waals surface area contributed by atoms with Crippen LogP contribution >= 0.6 is 0 Å². The van der Waals surface area contributed by atoms with Gasteiger partial charge in [0.15, 0.2) is 6.10 Å². The monoisotopic (exact) mass is 521 g/mol. The highest BCUT2D eigenvalue weighted by atomic mass is 19.1. The Hall–Kier alpha value is -3.95. The van der Waals surface area contributed by atoms with Gasteiger partial charge in [0.2, 0.25) is 11.8 Å². The van der Waals surface area contributed by atoms with Crippen LogP contribution in [0, 0.1) is 11.6 Å². The number of aliphatic hydroxyl groups excluding tert-OH is 1. The molecule has 3 aromatic rings. The first-order chi connectivity index (χ1) is 18.2. The lowest BCUT2D eigenvalue weighted by Gasteiger charge is -2.36. The Kier molecular flexibility index (Phi) is 8.29. The first-order valence-corrected chi connectivity index (χ1v) is 12.3. The van der Waals surface area contributed by atoms with Crippen LogP contribution < -0.4 is 11.1 Å². The van der Waals surface area contributed by atoms with Gasteiger partial charge in [-0.1, -0.05) is 60.7 Å². The van der Waals surface area contributed by atoms with E-state index in [-0.39, 0.29) is 18.0 Å². The second-order valence-corrected chi connectivity index (χ2v) is 9.49. The number of nitrogens with two attached hydrogens (primary N) is 1. The molecule has 4 rings (SSSR count). The van der Waals surface area contributed by atoms with Crippen molar-refractivity contribution >= 4 is 17.7 Å². The zero-order valence-corrected chi connectivity index (χ0v) is 20.8. The Morgan fingerprint density at radius 2 is 1.50 bits per heavy atom. The fourth-order valence-electron chi connectivity index (χ4n) is 4.93.